The average molecular weight is 265 g/mol. The summed E-state index contributed by atoms with van der Waals surface area (Å²) in [5.74, 6) is -0.375. The fourth-order valence-electron chi connectivity index (χ4n) is 1.34. The Kier molecular flexibility index (Phi) is 3.38. The summed E-state index contributed by atoms with van der Waals surface area (Å²) >= 11 is 5.63. The van der Waals surface area contributed by atoms with Crippen LogP contribution in [0.3, 0.4) is 0 Å². The van der Waals surface area contributed by atoms with Gasteiger partial charge in [0.25, 0.3) is 5.91 Å². The van der Waals surface area contributed by atoms with E-state index in [1.165, 1.54) is 24.7 Å². The SMILES string of the molecule is Cc1cc(=O)c(C(=O)Nc2cncc(Cl)n2)c[nH]1. The molecule has 0 aliphatic carbocycles. The molecule has 0 aliphatic heterocycles. The number of halogens is 1. The molecule has 0 saturated heterocycles. The topological polar surface area (TPSA) is 87.7 Å². The summed E-state index contributed by atoms with van der Waals surface area (Å²) in [7, 11) is 0. The number of hydrogen-bond donors (Lipinski definition) is 2. The Morgan fingerprint density at radius 3 is 2.89 bits per heavy atom. The van der Waals surface area contributed by atoms with Gasteiger partial charge < -0.3 is 10.3 Å². The smallest absolute Gasteiger partial charge is 0.262 e. The highest BCUT2D eigenvalue weighted by molar-refractivity contribution is 6.29. The van der Waals surface area contributed by atoms with Crippen LogP contribution in [0.1, 0.15) is 16.1 Å². The van der Waals surface area contributed by atoms with E-state index >= 15 is 0 Å². The van der Waals surface area contributed by atoms with E-state index in [9.17, 15) is 9.59 Å². The predicted molar refractivity (Wildman–Crippen MR) is 66.8 cm³/mol. The molecule has 0 unspecified atom stereocenters. The van der Waals surface area contributed by atoms with Crippen LogP contribution in [0.5, 0.6) is 0 Å². The molecule has 0 fully saturated rings. The van der Waals surface area contributed by atoms with Crippen LogP contribution in [-0.4, -0.2) is 20.9 Å². The van der Waals surface area contributed by atoms with Crippen LogP contribution < -0.4 is 10.7 Å². The Hall–Kier alpha value is -2.21. The minimum absolute atomic E-state index is 0.00220. The second kappa shape index (κ2) is 4.97. The van der Waals surface area contributed by atoms with Crippen molar-refractivity contribution in [3.8, 4) is 0 Å². The van der Waals surface area contributed by atoms with Crippen LogP contribution in [0, 0.1) is 6.92 Å². The molecule has 2 rings (SSSR count). The van der Waals surface area contributed by atoms with Crippen molar-refractivity contribution >= 4 is 23.3 Å². The standard InChI is InChI=1S/C11H9ClN4O2/c1-6-2-8(17)7(3-14-6)11(18)16-10-5-13-4-9(12)15-10/h2-5H,1H3,(H,14,17)(H,15,16,18). The normalized spacial score (nSPS) is 10.1. The molecule has 18 heavy (non-hydrogen) atoms. The Labute approximate surface area is 107 Å². The van der Waals surface area contributed by atoms with Crippen molar-refractivity contribution in [2.75, 3.05) is 5.32 Å². The summed E-state index contributed by atoms with van der Waals surface area (Å²) in [4.78, 5) is 33.8. The minimum atomic E-state index is -0.562. The quantitative estimate of drug-likeness (QED) is 0.858. The van der Waals surface area contributed by atoms with Gasteiger partial charge in [0, 0.05) is 18.0 Å². The van der Waals surface area contributed by atoms with Gasteiger partial charge in [-0.1, -0.05) is 11.6 Å². The van der Waals surface area contributed by atoms with Crippen molar-refractivity contribution in [1.82, 2.24) is 15.0 Å². The van der Waals surface area contributed by atoms with Crippen LogP contribution in [0.4, 0.5) is 5.82 Å². The fourth-order valence-corrected chi connectivity index (χ4v) is 1.48. The molecule has 7 heteroatoms. The van der Waals surface area contributed by atoms with Gasteiger partial charge in [-0.3, -0.25) is 14.6 Å². The van der Waals surface area contributed by atoms with Gasteiger partial charge in [-0.25, -0.2) is 4.98 Å². The predicted octanol–water partition coefficient (Wildman–Crippen LogP) is 1.38. The Morgan fingerprint density at radius 2 is 2.22 bits per heavy atom. The number of amides is 1. The van der Waals surface area contributed by atoms with Gasteiger partial charge in [-0.05, 0) is 6.92 Å². The van der Waals surface area contributed by atoms with Crippen molar-refractivity contribution in [3.05, 3.63) is 51.3 Å². The molecule has 0 radical (unpaired) electrons. The third-order valence-electron chi connectivity index (χ3n) is 2.15. The molecule has 2 aromatic rings. The number of H-pyrrole nitrogens is 1. The number of carbonyl (C=O) groups is 1. The lowest BCUT2D eigenvalue weighted by molar-refractivity contribution is 0.102. The third kappa shape index (κ3) is 2.72. The van der Waals surface area contributed by atoms with E-state index in [2.05, 4.69) is 20.3 Å². The molecule has 0 bridgehead atoms. The van der Waals surface area contributed by atoms with Crippen molar-refractivity contribution in [2.45, 2.75) is 6.92 Å². The second-order valence-corrected chi connectivity index (χ2v) is 3.96. The number of nitrogens with zero attached hydrogens (tertiary/aromatic N) is 2. The van der Waals surface area contributed by atoms with Crippen LogP contribution >= 0.6 is 11.6 Å². The summed E-state index contributed by atoms with van der Waals surface area (Å²) in [5.41, 5.74) is 0.320. The van der Waals surface area contributed by atoms with Gasteiger partial charge in [0.2, 0.25) is 0 Å². The molecule has 0 spiro atoms. The number of aromatic amines is 1. The summed E-state index contributed by atoms with van der Waals surface area (Å²) in [6.07, 6.45) is 4.03. The van der Waals surface area contributed by atoms with Crippen molar-refractivity contribution in [2.24, 2.45) is 0 Å². The molecule has 0 aromatic carbocycles. The van der Waals surface area contributed by atoms with Crippen LogP contribution in [0.25, 0.3) is 0 Å². The number of aromatic nitrogens is 3. The Morgan fingerprint density at radius 1 is 1.44 bits per heavy atom. The molecule has 2 N–H and O–H groups in total. The first kappa shape index (κ1) is 12.3. The van der Waals surface area contributed by atoms with E-state index in [0.717, 1.165) is 0 Å². The number of nitrogens with one attached hydrogen (secondary N) is 2. The molecule has 0 aliphatic rings. The fraction of sp³-hybridized carbons (Fsp3) is 0.0909. The highest BCUT2D eigenvalue weighted by atomic mass is 35.5. The van der Waals surface area contributed by atoms with E-state index in [4.69, 9.17) is 11.6 Å². The summed E-state index contributed by atoms with van der Waals surface area (Å²) in [6, 6.07) is 1.35. The molecule has 0 saturated carbocycles. The summed E-state index contributed by atoms with van der Waals surface area (Å²) in [6.45, 7) is 1.73. The summed E-state index contributed by atoms with van der Waals surface area (Å²) < 4.78 is 0. The van der Waals surface area contributed by atoms with E-state index in [1.54, 1.807) is 6.92 Å². The van der Waals surface area contributed by atoms with Gasteiger partial charge in [-0.2, -0.15) is 0 Å². The van der Waals surface area contributed by atoms with Gasteiger partial charge in [0.15, 0.2) is 11.2 Å². The van der Waals surface area contributed by atoms with Gasteiger partial charge >= 0.3 is 0 Å². The first-order valence-electron chi connectivity index (χ1n) is 5.04. The molecular formula is C11H9ClN4O2. The zero-order valence-corrected chi connectivity index (χ0v) is 10.2. The Balaban J connectivity index is 2.25. The number of anilines is 1. The largest absolute Gasteiger partial charge is 0.364 e. The molecule has 6 nitrogen and oxygen atoms in total. The third-order valence-corrected chi connectivity index (χ3v) is 2.33. The second-order valence-electron chi connectivity index (χ2n) is 3.58. The molecular weight excluding hydrogens is 256 g/mol. The zero-order valence-electron chi connectivity index (χ0n) is 9.40. The number of aryl methyl sites for hydroxylation is 1. The maximum absolute atomic E-state index is 11.8. The number of pyridine rings is 1. The van der Waals surface area contributed by atoms with Gasteiger partial charge in [-0.15, -0.1) is 0 Å². The molecule has 2 aromatic heterocycles. The van der Waals surface area contributed by atoms with Crippen LogP contribution in [0.2, 0.25) is 5.15 Å². The van der Waals surface area contributed by atoms with Crippen molar-refractivity contribution in [1.29, 1.82) is 0 Å². The van der Waals surface area contributed by atoms with E-state index in [1.807, 2.05) is 0 Å². The average Bonchev–Trinajstić information content (AvgIpc) is 2.28. The number of hydrogen-bond acceptors (Lipinski definition) is 4. The minimum Gasteiger partial charge on any atom is -0.364 e. The monoisotopic (exact) mass is 264 g/mol. The lowest BCUT2D eigenvalue weighted by atomic mass is 10.2. The lowest BCUT2D eigenvalue weighted by Crippen LogP contribution is -2.22. The molecule has 1 amide bonds. The Bertz CT molecular complexity index is 653. The molecule has 2 heterocycles. The maximum atomic E-state index is 11.8. The van der Waals surface area contributed by atoms with Gasteiger partial charge in [0.05, 0.1) is 12.4 Å². The number of rotatable bonds is 2. The highest BCUT2D eigenvalue weighted by Gasteiger charge is 2.11. The van der Waals surface area contributed by atoms with E-state index < -0.39 is 5.91 Å². The maximum Gasteiger partial charge on any atom is 0.262 e. The van der Waals surface area contributed by atoms with Crippen molar-refractivity contribution in [3.63, 3.8) is 0 Å². The summed E-state index contributed by atoms with van der Waals surface area (Å²) in [5, 5.41) is 2.60. The van der Waals surface area contributed by atoms with Crippen LogP contribution in [-0.2, 0) is 0 Å². The van der Waals surface area contributed by atoms with Crippen LogP contribution in [0.15, 0.2) is 29.5 Å². The highest BCUT2D eigenvalue weighted by Crippen LogP contribution is 2.07. The zero-order chi connectivity index (χ0) is 13.1. The van der Waals surface area contributed by atoms with Gasteiger partial charge in [0.1, 0.15) is 10.7 Å². The molecule has 0 atom stereocenters. The van der Waals surface area contributed by atoms with E-state index in [-0.39, 0.29) is 22.0 Å². The first-order valence-corrected chi connectivity index (χ1v) is 5.42. The first-order chi connectivity index (χ1) is 8.56. The lowest BCUT2D eigenvalue weighted by Gasteiger charge is -2.03. The molecule has 92 valence electrons. The van der Waals surface area contributed by atoms with Crippen molar-refractivity contribution < 1.29 is 4.79 Å². The number of carbonyl (C=O) groups excluding carboxylic acids is 1. The van der Waals surface area contributed by atoms with E-state index in [0.29, 0.717) is 5.69 Å².